The lowest BCUT2D eigenvalue weighted by atomic mass is 10.1. The van der Waals surface area contributed by atoms with Gasteiger partial charge in [-0.3, -0.25) is 4.79 Å². The second-order valence-corrected chi connectivity index (χ2v) is 7.22. The van der Waals surface area contributed by atoms with E-state index in [-0.39, 0.29) is 29.5 Å². The minimum Gasteiger partial charge on any atom is -0.321 e. The highest BCUT2D eigenvalue weighted by atomic mass is 35.5. The highest BCUT2D eigenvalue weighted by molar-refractivity contribution is 8.13. The predicted octanol–water partition coefficient (Wildman–Crippen LogP) is 5.57. The number of thioether (sulfide) groups is 1. The molecule has 128 valence electrons. The van der Waals surface area contributed by atoms with Crippen molar-refractivity contribution in [3.8, 4) is 0 Å². The molecule has 0 saturated carbocycles. The second-order valence-electron chi connectivity index (χ2n) is 6.12. The third-order valence-electron chi connectivity index (χ3n) is 3.73. The summed E-state index contributed by atoms with van der Waals surface area (Å²) in [6, 6.07) is -0.289. The topological polar surface area (TPSA) is 43.1 Å². The van der Waals surface area contributed by atoms with Gasteiger partial charge in [0.05, 0.1) is 6.04 Å². The maximum atomic E-state index is 11.7. The first-order valence-corrected chi connectivity index (χ1v) is 9.50. The van der Waals surface area contributed by atoms with Crippen LogP contribution in [0, 0.1) is 5.92 Å². The molecule has 0 aromatic rings. The first-order chi connectivity index (χ1) is 9.59. The van der Waals surface area contributed by atoms with E-state index in [1.54, 1.807) is 0 Å². The van der Waals surface area contributed by atoms with Gasteiger partial charge in [0.25, 0.3) is 0 Å². The minimum atomic E-state index is -0.289. The van der Waals surface area contributed by atoms with Crippen LogP contribution in [0.4, 0.5) is 0 Å². The minimum absolute atomic E-state index is 0. The van der Waals surface area contributed by atoms with Crippen LogP contribution in [0.25, 0.3) is 0 Å². The van der Waals surface area contributed by atoms with Crippen LogP contribution in [-0.2, 0) is 4.79 Å². The second kappa shape index (κ2) is 16.6. The molecule has 0 fully saturated rings. The van der Waals surface area contributed by atoms with E-state index < -0.39 is 0 Å². The van der Waals surface area contributed by atoms with Gasteiger partial charge < -0.3 is 5.73 Å². The zero-order valence-corrected chi connectivity index (χ0v) is 15.9. The molecule has 0 heterocycles. The molecule has 0 radical (unpaired) electrons. The lowest BCUT2D eigenvalue weighted by molar-refractivity contribution is -0.112. The number of carbonyl (C=O) groups is 1. The predicted molar refractivity (Wildman–Crippen MR) is 99.4 cm³/mol. The summed E-state index contributed by atoms with van der Waals surface area (Å²) in [5, 5.41) is 0.163. The van der Waals surface area contributed by atoms with Crippen LogP contribution in [0.2, 0.25) is 0 Å². The quantitative estimate of drug-likeness (QED) is 0.446. The summed E-state index contributed by atoms with van der Waals surface area (Å²) in [5.74, 6) is 1.19. The zero-order valence-electron chi connectivity index (χ0n) is 14.2. The molecule has 21 heavy (non-hydrogen) atoms. The lowest BCUT2D eigenvalue weighted by Gasteiger charge is -2.13. The van der Waals surface area contributed by atoms with Gasteiger partial charge in [-0.1, -0.05) is 90.3 Å². The third kappa shape index (κ3) is 15.0. The summed E-state index contributed by atoms with van der Waals surface area (Å²) in [5.41, 5.74) is 5.82. The van der Waals surface area contributed by atoms with E-state index in [1.165, 1.54) is 69.5 Å². The molecule has 0 aliphatic carbocycles. The molecule has 1 atom stereocenters. The molecule has 0 aromatic carbocycles. The molecule has 4 heteroatoms. The molecule has 0 bridgehead atoms. The molecule has 0 aromatic heterocycles. The number of nitrogens with two attached hydrogens (primary N) is 1. The largest absolute Gasteiger partial charge is 0.321 e. The Morgan fingerprint density at radius 1 is 0.905 bits per heavy atom. The summed E-state index contributed by atoms with van der Waals surface area (Å²) in [6.45, 7) is 6.27. The van der Waals surface area contributed by atoms with E-state index in [0.29, 0.717) is 0 Å². The number of rotatable bonds is 13. The van der Waals surface area contributed by atoms with Crippen LogP contribution in [0.1, 0.15) is 85.0 Å². The average Bonchev–Trinajstić information content (AvgIpc) is 2.43. The third-order valence-corrected chi connectivity index (χ3v) is 4.78. The molecule has 2 nitrogen and oxygen atoms in total. The number of hydrogen-bond acceptors (Lipinski definition) is 3. The van der Waals surface area contributed by atoms with Gasteiger partial charge in [-0.25, -0.2) is 0 Å². The standard InChI is InChI=1S/C17H35NOS.ClH/c1-4-5-6-7-8-9-10-11-12-13-14-20-17(19)16(18)15(2)3;/h15-16H,4-14,18H2,1-3H3;1H. The molecule has 0 rings (SSSR count). The van der Waals surface area contributed by atoms with E-state index in [1.807, 2.05) is 13.8 Å². The maximum absolute atomic E-state index is 11.7. The summed E-state index contributed by atoms with van der Waals surface area (Å²) in [4.78, 5) is 11.7. The Hall–Kier alpha value is 0.270. The van der Waals surface area contributed by atoms with Crippen molar-refractivity contribution in [2.24, 2.45) is 11.7 Å². The molecule has 0 aliphatic heterocycles. The fraction of sp³-hybridized carbons (Fsp3) is 0.941. The van der Waals surface area contributed by atoms with E-state index in [2.05, 4.69) is 6.92 Å². The van der Waals surface area contributed by atoms with Crippen molar-refractivity contribution in [1.29, 1.82) is 0 Å². The summed E-state index contributed by atoms with van der Waals surface area (Å²) in [7, 11) is 0. The van der Waals surface area contributed by atoms with Gasteiger partial charge in [0, 0.05) is 5.75 Å². The van der Waals surface area contributed by atoms with Gasteiger partial charge in [-0.15, -0.1) is 12.4 Å². The van der Waals surface area contributed by atoms with Gasteiger partial charge in [0.15, 0.2) is 0 Å². The van der Waals surface area contributed by atoms with Crippen molar-refractivity contribution in [1.82, 2.24) is 0 Å². The Morgan fingerprint density at radius 3 is 1.76 bits per heavy atom. The normalized spacial score (nSPS) is 12.2. The van der Waals surface area contributed by atoms with Gasteiger partial charge in [0.1, 0.15) is 0 Å². The Bertz CT molecular complexity index is 237. The fourth-order valence-electron chi connectivity index (χ4n) is 2.13. The first kappa shape index (κ1) is 23.5. The molecule has 0 amide bonds. The van der Waals surface area contributed by atoms with Gasteiger partial charge >= 0.3 is 0 Å². The number of unbranched alkanes of at least 4 members (excludes halogenated alkanes) is 9. The monoisotopic (exact) mass is 337 g/mol. The van der Waals surface area contributed by atoms with Crippen LogP contribution >= 0.6 is 24.2 Å². The summed E-state index contributed by atoms with van der Waals surface area (Å²) >= 11 is 1.43. The smallest absolute Gasteiger partial charge is 0.205 e. The van der Waals surface area contributed by atoms with Gasteiger partial charge in [-0.05, 0) is 12.3 Å². The summed E-state index contributed by atoms with van der Waals surface area (Å²) < 4.78 is 0. The number of carbonyl (C=O) groups excluding carboxylic acids is 1. The van der Waals surface area contributed by atoms with Crippen LogP contribution in [-0.4, -0.2) is 16.9 Å². The van der Waals surface area contributed by atoms with Crippen molar-refractivity contribution >= 4 is 29.3 Å². The first-order valence-electron chi connectivity index (χ1n) is 8.51. The van der Waals surface area contributed by atoms with E-state index in [0.717, 1.165) is 12.2 Å². The van der Waals surface area contributed by atoms with E-state index in [4.69, 9.17) is 5.73 Å². The van der Waals surface area contributed by atoms with Gasteiger partial charge in [0.2, 0.25) is 5.12 Å². The average molecular weight is 338 g/mol. The Morgan fingerprint density at radius 2 is 1.33 bits per heavy atom. The molecule has 0 spiro atoms. The Kier molecular flexibility index (Phi) is 18.6. The van der Waals surface area contributed by atoms with Crippen LogP contribution in [0.3, 0.4) is 0 Å². The van der Waals surface area contributed by atoms with Crippen molar-refractivity contribution in [2.45, 2.75) is 91.0 Å². The van der Waals surface area contributed by atoms with Gasteiger partial charge in [-0.2, -0.15) is 0 Å². The van der Waals surface area contributed by atoms with Crippen LogP contribution < -0.4 is 5.73 Å². The highest BCUT2D eigenvalue weighted by Crippen LogP contribution is 2.15. The zero-order chi connectivity index (χ0) is 15.2. The Balaban J connectivity index is 0. The van der Waals surface area contributed by atoms with Crippen molar-refractivity contribution in [2.75, 3.05) is 5.75 Å². The SMILES string of the molecule is CCCCCCCCCCCCSC(=O)C(N)C(C)C.Cl. The molecular weight excluding hydrogens is 302 g/mol. The van der Waals surface area contributed by atoms with Crippen LogP contribution in [0.5, 0.6) is 0 Å². The molecule has 0 aliphatic rings. The van der Waals surface area contributed by atoms with E-state index >= 15 is 0 Å². The van der Waals surface area contributed by atoms with Crippen molar-refractivity contribution in [3.05, 3.63) is 0 Å². The fourth-order valence-corrected chi connectivity index (χ4v) is 3.14. The highest BCUT2D eigenvalue weighted by Gasteiger charge is 2.16. The maximum Gasteiger partial charge on any atom is 0.205 e. The number of halogens is 1. The molecule has 2 N–H and O–H groups in total. The molecule has 0 saturated heterocycles. The number of hydrogen-bond donors (Lipinski definition) is 1. The summed E-state index contributed by atoms with van der Waals surface area (Å²) in [6.07, 6.45) is 13.4. The van der Waals surface area contributed by atoms with Crippen molar-refractivity contribution in [3.63, 3.8) is 0 Å². The van der Waals surface area contributed by atoms with E-state index in [9.17, 15) is 4.79 Å². The Labute approximate surface area is 142 Å². The molecule has 1 unspecified atom stereocenters. The molecular formula is C17H36ClNOS. The van der Waals surface area contributed by atoms with Crippen molar-refractivity contribution < 1.29 is 4.79 Å². The van der Waals surface area contributed by atoms with Crippen LogP contribution in [0.15, 0.2) is 0 Å². The lowest BCUT2D eigenvalue weighted by Crippen LogP contribution is -2.33.